The number of carbonyl (C=O) groups excluding carboxylic acids is 2. The molecule has 1 unspecified atom stereocenters. The second-order valence-electron chi connectivity index (χ2n) is 4.66. The van der Waals surface area contributed by atoms with Crippen LogP contribution >= 0.6 is 0 Å². The minimum atomic E-state index is -0.686. The molecule has 0 radical (unpaired) electrons. The monoisotopic (exact) mass is 283 g/mol. The molecule has 0 spiro atoms. The van der Waals surface area contributed by atoms with E-state index in [4.69, 9.17) is 4.74 Å². The predicted molar refractivity (Wildman–Crippen MR) is 79.6 cm³/mol. The van der Waals surface area contributed by atoms with E-state index in [2.05, 4.69) is 5.32 Å². The third kappa shape index (κ3) is 4.45. The topological polar surface area (TPSA) is 55.4 Å². The summed E-state index contributed by atoms with van der Waals surface area (Å²) in [6.07, 6.45) is -0.608. The van der Waals surface area contributed by atoms with Crippen LogP contribution < -0.4 is 5.32 Å². The Morgan fingerprint density at radius 2 is 1.57 bits per heavy atom. The van der Waals surface area contributed by atoms with E-state index in [-0.39, 0.29) is 12.4 Å². The van der Waals surface area contributed by atoms with E-state index in [1.54, 1.807) is 12.1 Å². The van der Waals surface area contributed by atoms with Gasteiger partial charge in [-0.2, -0.15) is 0 Å². The summed E-state index contributed by atoms with van der Waals surface area (Å²) in [5.41, 5.74) is 1.63. The number of rotatable bonds is 5. The molecule has 1 N–H and O–H groups in total. The van der Waals surface area contributed by atoms with E-state index < -0.39 is 12.1 Å². The number of ketones is 1. The lowest BCUT2D eigenvalue weighted by Gasteiger charge is -2.16. The molecule has 0 aliphatic rings. The molecule has 1 amide bonds. The van der Waals surface area contributed by atoms with Crippen LogP contribution in [-0.4, -0.2) is 11.9 Å². The van der Waals surface area contributed by atoms with Crippen molar-refractivity contribution in [3.63, 3.8) is 0 Å². The van der Waals surface area contributed by atoms with Gasteiger partial charge in [0.15, 0.2) is 5.78 Å². The first-order valence-electron chi connectivity index (χ1n) is 6.69. The van der Waals surface area contributed by atoms with Gasteiger partial charge in [-0.05, 0) is 18.1 Å². The highest BCUT2D eigenvalue weighted by Gasteiger charge is 2.19. The predicted octanol–water partition coefficient (Wildman–Crippen LogP) is 3.24. The van der Waals surface area contributed by atoms with Gasteiger partial charge in [0.25, 0.3) is 0 Å². The molecule has 0 aliphatic carbocycles. The molecule has 0 aliphatic heterocycles. The van der Waals surface area contributed by atoms with Crippen LogP contribution in [0.5, 0.6) is 0 Å². The Hall–Kier alpha value is -2.62. The van der Waals surface area contributed by atoms with Crippen LogP contribution in [0.3, 0.4) is 0 Å². The number of amides is 1. The first kappa shape index (κ1) is 14.8. The molecule has 1 atom stereocenters. The maximum Gasteiger partial charge on any atom is 0.408 e. The molecule has 0 saturated heterocycles. The van der Waals surface area contributed by atoms with Crippen molar-refractivity contribution in [2.24, 2.45) is 0 Å². The van der Waals surface area contributed by atoms with Crippen molar-refractivity contribution in [2.45, 2.75) is 19.6 Å². The number of Topliss-reactive ketones (excluding diaryl/α,β-unsaturated/α-hetero) is 1. The Bertz CT molecular complexity index is 596. The molecular formula is C17H17NO3. The van der Waals surface area contributed by atoms with E-state index in [9.17, 15) is 9.59 Å². The smallest absolute Gasteiger partial charge is 0.408 e. The van der Waals surface area contributed by atoms with E-state index >= 15 is 0 Å². The summed E-state index contributed by atoms with van der Waals surface area (Å²) in [7, 11) is 0. The zero-order chi connectivity index (χ0) is 15.1. The number of nitrogens with one attached hydrogen (secondary N) is 1. The molecule has 2 aromatic carbocycles. The van der Waals surface area contributed by atoms with Crippen molar-refractivity contribution < 1.29 is 14.3 Å². The third-order valence-electron chi connectivity index (χ3n) is 3.01. The van der Waals surface area contributed by atoms with Gasteiger partial charge in [0.05, 0.1) is 0 Å². The van der Waals surface area contributed by atoms with Crippen molar-refractivity contribution in [3.05, 3.63) is 71.8 Å². The summed E-state index contributed by atoms with van der Waals surface area (Å²) in [4.78, 5) is 23.5. The molecular weight excluding hydrogens is 266 g/mol. The van der Waals surface area contributed by atoms with Crippen LogP contribution in [0.4, 0.5) is 4.79 Å². The molecule has 4 nitrogen and oxygen atoms in total. The Morgan fingerprint density at radius 3 is 2.14 bits per heavy atom. The van der Waals surface area contributed by atoms with Gasteiger partial charge in [0, 0.05) is 0 Å². The Balaban J connectivity index is 1.95. The molecule has 0 aromatic heterocycles. The van der Waals surface area contributed by atoms with Gasteiger partial charge in [-0.1, -0.05) is 60.7 Å². The number of hydrogen-bond acceptors (Lipinski definition) is 3. The van der Waals surface area contributed by atoms with Crippen molar-refractivity contribution in [2.75, 3.05) is 0 Å². The van der Waals surface area contributed by atoms with Crippen LogP contribution in [0.2, 0.25) is 0 Å². The van der Waals surface area contributed by atoms with Crippen molar-refractivity contribution in [3.8, 4) is 0 Å². The van der Waals surface area contributed by atoms with Gasteiger partial charge >= 0.3 is 6.09 Å². The largest absolute Gasteiger partial charge is 0.445 e. The Kier molecular flexibility index (Phi) is 5.10. The zero-order valence-corrected chi connectivity index (χ0v) is 11.8. The molecule has 0 saturated carbocycles. The fraction of sp³-hybridized carbons (Fsp3) is 0.176. The second kappa shape index (κ2) is 7.24. The third-order valence-corrected chi connectivity index (χ3v) is 3.01. The van der Waals surface area contributed by atoms with Crippen molar-refractivity contribution in [1.29, 1.82) is 0 Å². The van der Waals surface area contributed by atoms with Crippen molar-refractivity contribution in [1.82, 2.24) is 5.32 Å². The molecule has 2 aromatic rings. The fourth-order valence-corrected chi connectivity index (χ4v) is 1.95. The summed E-state index contributed by atoms with van der Waals surface area (Å²) < 4.78 is 5.13. The van der Waals surface area contributed by atoms with E-state index in [0.717, 1.165) is 11.1 Å². The summed E-state index contributed by atoms with van der Waals surface area (Å²) in [5, 5.41) is 2.59. The first-order valence-corrected chi connectivity index (χ1v) is 6.69. The summed E-state index contributed by atoms with van der Waals surface area (Å²) >= 11 is 0. The highest BCUT2D eigenvalue weighted by molar-refractivity contribution is 5.86. The Labute approximate surface area is 123 Å². The lowest BCUT2D eigenvalue weighted by molar-refractivity contribution is -0.119. The maximum atomic E-state index is 11.8. The fourth-order valence-electron chi connectivity index (χ4n) is 1.95. The van der Waals surface area contributed by atoms with Crippen LogP contribution in [-0.2, 0) is 16.1 Å². The molecule has 2 rings (SSSR count). The summed E-state index contributed by atoms with van der Waals surface area (Å²) in [6, 6.07) is 17.8. The highest BCUT2D eigenvalue weighted by atomic mass is 16.5. The second-order valence-corrected chi connectivity index (χ2v) is 4.66. The summed E-state index contributed by atoms with van der Waals surface area (Å²) in [5.74, 6) is -0.141. The lowest BCUT2D eigenvalue weighted by atomic mass is 10.0. The van der Waals surface area contributed by atoms with E-state index in [0.29, 0.717) is 0 Å². The van der Waals surface area contributed by atoms with Crippen LogP contribution in [0.25, 0.3) is 0 Å². The van der Waals surface area contributed by atoms with Gasteiger partial charge in [-0.3, -0.25) is 4.79 Å². The number of benzene rings is 2. The molecule has 0 fully saturated rings. The highest BCUT2D eigenvalue weighted by Crippen LogP contribution is 2.14. The standard InChI is InChI=1S/C17H17NO3/c1-13(19)16(15-10-6-3-7-11-15)18-17(20)21-12-14-8-4-2-5-9-14/h2-11,16H,12H2,1H3,(H,18,20). The SMILES string of the molecule is CC(=O)C(NC(=O)OCc1ccccc1)c1ccccc1. The maximum absolute atomic E-state index is 11.8. The number of alkyl carbamates (subject to hydrolysis) is 1. The number of ether oxygens (including phenoxy) is 1. The average Bonchev–Trinajstić information content (AvgIpc) is 2.52. The molecule has 21 heavy (non-hydrogen) atoms. The van der Waals surface area contributed by atoms with Crippen molar-refractivity contribution >= 4 is 11.9 Å². The average molecular weight is 283 g/mol. The van der Waals surface area contributed by atoms with Crippen LogP contribution in [0.15, 0.2) is 60.7 Å². The normalized spacial score (nSPS) is 11.5. The van der Waals surface area contributed by atoms with Gasteiger partial charge < -0.3 is 10.1 Å². The van der Waals surface area contributed by atoms with Gasteiger partial charge in [-0.15, -0.1) is 0 Å². The first-order chi connectivity index (χ1) is 10.2. The molecule has 108 valence electrons. The lowest BCUT2D eigenvalue weighted by Crippen LogP contribution is -2.33. The molecule has 0 heterocycles. The van der Waals surface area contributed by atoms with Crippen LogP contribution in [0, 0.1) is 0 Å². The summed E-state index contributed by atoms with van der Waals surface area (Å²) in [6.45, 7) is 1.61. The zero-order valence-electron chi connectivity index (χ0n) is 11.8. The molecule has 0 bridgehead atoms. The van der Waals surface area contributed by atoms with E-state index in [1.807, 2.05) is 48.5 Å². The molecule has 4 heteroatoms. The van der Waals surface area contributed by atoms with Gasteiger partial charge in [-0.25, -0.2) is 4.79 Å². The minimum Gasteiger partial charge on any atom is -0.445 e. The van der Waals surface area contributed by atoms with Gasteiger partial charge in [0.2, 0.25) is 0 Å². The Morgan fingerprint density at radius 1 is 1.00 bits per heavy atom. The van der Waals surface area contributed by atoms with Gasteiger partial charge in [0.1, 0.15) is 12.6 Å². The number of hydrogen-bond donors (Lipinski definition) is 1. The van der Waals surface area contributed by atoms with E-state index in [1.165, 1.54) is 6.92 Å². The number of carbonyl (C=O) groups is 2. The van der Waals surface area contributed by atoms with Crippen LogP contribution in [0.1, 0.15) is 24.1 Å². The quantitative estimate of drug-likeness (QED) is 0.916. The minimum absolute atomic E-state index is 0.141.